The highest BCUT2D eigenvalue weighted by Gasteiger charge is 2.33. The molecule has 24 heavy (non-hydrogen) atoms. The number of Topliss-reactive ketones (excluding diaryl/α,β-unsaturated/α-hetero) is 1. The molecule has 1 aliphatic carbocycles. The first-order chi connectivity index (χ1) is 11.5. The van der Waals surface area contributed by atoms with Crippen LogP contribution in [-0.2, 0) is 4.79 Å². The second-order valence-corrected chi connectivity index (χ2v) is 5.58. The maximum Gasteiger partial charge on any atom is 0.349 e. The van der Waals surface area contributed by atoms with E-state index in [2.05, 4.69) is 0 Å². The topological polar surface area (TPSA) is 52.6 Å². The molecule has 0 saturated carbocycles. The van der Waals surface area contributed by atoms with Crippen LogP contribution in [0.5, 0.6) is 11.5 Å². The fraction of sp³-hybridized carbons (Fsp3) is 0.222. The molecule has 1 atom stereocenters. The Hall–Kier alpha value is -2.76. The molecule has 0 heterocycles. The Bertz CT molecular complexity index is 799. The van der Waals surface area contributed by atoms with E-state index in [4.69, 9.17) is 9.47 Å². The number of hydrogen-bond acceptors (Lipinski definition) is 4. The standard InChI is InChI=1S/C18H14F2O4/c1-10-8-14(21)18-15(7-6-13(20)17(10)18)24-16(22)9-23-12-4-2-11(19)3-5-12/h2-7,10H,8-9H2,1H3. The van der Waals surface area contributed by atoms with Gasteiger partial charge in [0.25, 0.3) is 0 Å². The van der Waals surface area contributed by atoms with Crippen LogP contribution in [0.3, 0.4) is 0 Å². The summed E-state index contributed by atoms with van der Waals surface area (Å²) in [6.07, 6.45) is 0.187. The largest absolute Gasteiger partial charge is 0.482 e. The zero-order chi connectivity index (χ0) is 17.3. The molecule has 0 saturated heterocycles. The molecule has 0 spiro atoms. The minimum Gasteiger partial charge on any atom is -0.482 e. The molecule has 1 aliphatic rings. The van der Waals surface area contributed by atoms with Gasteiger partial charge in [-0.1, -0.05) is 6.92 Å². The molecule has 0 radical (unpaired) electrons. The molecule has 0 amide bonds. The maximum absolute atomic E-state index is 13.9. The molecule has 0 fully saturated rings. The van der Waals surface area contributed by atoms with Gasteiger partial charge in [-0.3, -0.25) is 4.79 Å². The summed E-state index contributed by atoms with van der Waals surface area (Å²) in [5.74, 6) is -1.79. The third kappa shape index (κ3) is 3.13. The summed E-state index contributed by atoms with van der Waals surface area (Å²) in [6.45, 7) is 1.33. The number of rotatable bonds is 4. The lowest BCUT2D eigenvalue weighted by atomic mass is 10.0. The van der Waals surface area contributed by atoms with E-state index in [0.717, 1.165) is 0 Å². The van der Waals surface area contributed by atoms with Crippen molar-refractivity contribution in [2.24, 2.45) is 0 Å². The minimum absolute atomic E-state index is 0.0356. The molecule has 1 unspecified atom stereocenters. The molecular weight excluding hydrogens is 318 g/mol. The number of carbonyl (C=O) groups excluding carboxylic acids is 2. The van der Waals surface area contributed by atoms with Crippen LogP contribution in [-0.4, -0.2) is 18.4 Å². The molecule has 4 nitrogen and oxygen atoms in total. The summed E-state index contributed by atoms with van der Waals surface area (Å²) < 4.78 is 37.0. The number of benzene rings is 2. The van der Waals surface area contributed by atoms with Crippen molar-refractivity contribution in [3.05, 3.63) is 59.2 Å². The lowest BCUT2D eigenvalue weighted by Crippen LogP contribution is -2.19. The van der Waals surface area contributed by atoms with E-state index in [1.54, 1.807) is 6.92 Å². The Labute approximate surface area is 137 Å². The van der Waals surface area contributed by atoms with Crippen LogP contribution in [0.15, 0.2) is 36.4 Å². The average Bonchev–Trinajstić information content (AvgIpc) is 2.85. The van der Waals surface area contributed by atoms with Gasteiger partial charge < -0.3 is 9.47 Å². The Morgan fingerprint density at radius 1 is 1.17 bits per heavy atom. The zero-order valence-corrected chi connectivity index (χ0v) is 12.8. The summed E-state index contributed by atoms with van der Waals surface area (Å²) in [7, 11) is 0. The molecule has 0 bridgehead atoms. The second kappa shape index (κ2) is 6.39. The highest BCUT2D eigenvalue weighted by Crippen LogP contribution is 2.39. The molecule has 6 heteroatoms. The maximum atomic E-state index is 13.9. The number of esters is 1. The smallest absolute Gasteiger partial charge is 0.349 e. The first-order valence-electron chi connectivity index (χ1n) is 7.40. The van der Waals surface area contributed by atoms with Crippen molar-refractivity contribution < 1.29 is 27.8 Å². The van der Waals surface area contributed by atoms with Gasteiger partial charge in [-0.05, 0) is 42.3 Å². The Morgan fingerprint density at radius 3 is 2.58 bits per heavy atom. The van der Waals surface area contributed by atoms with Crippen molar-refractivity contribution in [3.63, 3.8) is 0 Å². The monoisotopic (exact) mass is 332 g/mol. The Balaban J connectivity index is 1.71. The van der Waals surface area contributed by atoms with Crippen LogP contribution in [0, 0.1) is 11.6 Å². The van der Waals surface area contributed by atoms with Gasteiger partial charge in [0.1, 0.15) is 23.1 Å². The number of hydrogen-bond donors (Lipinski definition) is 0. The third-order valence-electron chi connectivity index (χ3n) is 3.81. The molecule has 2 aromatic rings. The molecule has 124 valence electrons. The SMILES string of the molecule is CC1CC(=O)c2c(OC(=O)COc3ccc(F)cc3)ccc(F)c21. The van der Waals surface area contributed by atoms with Crippen molar-refractivity contribution in [1.82, 2.24) is 0 Å². The van der Waals surface area contributed by atoms with Gasteiger partial charge in [0, 0.05) is 12.0 Å². The number of halogens is 2. The molecule has 0 aromatic heterocycles. The molecular formula is C18H14F2O4. The normalized spacial score (nSPS) is 16.0. The van der Waals surface area contributed by atoms with Crippen LogP contribution in [0.25, 0.3) is 0 Å². The van der Waals surface area contributed by atoms with Gasteiger partial charge in [-0.2, -0.15) is 0 Å². The first kappa shape index (κ1) is 16.1. The summed E-state index contributed by atoms with van der Waals surface area (Å²) in [5.41, 5.74) is 0.405. The van der Waals surface area contributed by atoms with E-state index < -0.39 is 24.2 Å². The number of carbonyl (C=O) groups is 2. The Kier molecular flexibility index (Phi) is 4.29. The first-order valence-corrected chi connectivity index (χ1v) is 7.40. The highest BCUT2D eigenvalue weighted by atomic mass is 19.1. The fourth-order valence-electron chi connectivity index (χ4n) is 2.74. The van der Waals surface area contributed by atoms with Crippen molar-refractivity contribution in [2.75, 3.05) is 6.61 Å². The quantitative estimate of drug-likeness (QED) is 0.634. The highest BCUT2D eigenvalue weighted by molar-refractivity contribution is 6.04. The van der Waals surface area contributed by atoms with Crippen LogP contribution in [0.2, 0.25) is 0 Å². The summed E-state index contributed by atoms with van der Waals surface area (Å²) in [5, 5.41) is 0. The summed E-state index contributed by atoms with van der Waals surface area (Å²) in [4.78, 5) is 23.9. The molecule has 0 aliphatic heterocycles. The van der Waals surface area contributed by atoms with Crippen LogP contribution in [0.4, 0.5) is 8.78 Å². The van der Waals surface area contributed by atoms with Gasteiger partial charge in [0.05, 0.1) is 5.56 Å². The number of fused-ring (bicyclic) bond motifs is 1. The third-order valence-corrected chi connectivity index (χ3v) is 3.81. The molecule has 3 rings (SSSR count). The van der Waals surface area contributed by atoms with Gasteiger partial charge in [-0.25, -0.2) is 13.6 Å². The zero-order valence-electron chi connectivity index (χ0n) is 12.8. The number of ether oxygens (including phenoxy) is 2. The van der Waals surface area contributed by atoms with Gasteiger partial charge in [-0.15, -0.1) is 0 Å². The van der Waals surface area contributed by atoms with E-state index >= 15 is 0 Å². The van der Waals surface area contributed by atoms with Crippen molar-refractivity contribution in [2.45, 2.75) is 19.3 Å². The van der Waals surface area contributed by atoms with Gasteiger partial charge in [0.2, 0.25) is 0 Å². The summed E-state index contributed by atoms with van der Waals surface area (Å²) in [6, 6.07) is 7.60. The summed E-state index contributed by atoms with van der Waals surface area (Å²) >= 11 is 0. The van der Waals surface area contributed by atoms with Crippen LogP contribution < -0.4 is 9.47 Å². The van der Waals surface area contributed by atoms with E-state index in [9.17, 15) is 18.4 Å². The molecule has 0 N–H and O–H groups in total. The van der Waals surface area contributed by atoms with E-state index in [1.807, 2.05) is 0 Å². The van der Waals surface area contributed by atoms with E-state index in [1.165, 1.54) is 36.4 Å². The van der Waals surface area contributed by atoms with Gasteiger partial charge in [0.15, 0.2) is 12.4 Å². The van der Waals surface area contributed by atoms with E-state index in [-0.39, 0.29) is 35.0 Å². The predicted molar refractivity (Wildman–Crippen MR) is 81.3 cm³/mol. The number of ketones is 1. The van der Waals surface area contributed by atoms with Crippen molar-refractivity contribution >= 4 is 11.8 Å². The van der Waals surface area contributed by atoms with E-state index in [0.29, 0.717) is 5.75 Å². The fourth-order valence-corrected chi connectivity index (χ4v) is 2.74. The van der Waals surface area contributed by atoms with Crippen LogP contribution >= 0.6 is 0 Å². The minimum atomic E-state index is -0.736. The molecule has 2 aromatic carbocycles. The lowest BCUT2D eigenvalue weighted by molar-refractivity contribution is -0.136. The lowest BCUT2D eigenvalue weighted by Gasteiger charge is -2.11. The average molecular weight is 332 g/mol. The predicted octanol–water partition coefficient (Wildman–Crippen LogP) is 3.64. The second-order valence-electron chi connectivity index (χ2n) is 5.58. The van der Waals surface area contributed by atoms with Crippen molar-refractivity contribution in [1.29, 1.82) is 0 Å². The van der Waals surface area contributed by atoms with Gasteiger partial charge >= 0.3 is 5.97 Å². The Morgan fingerprint density at radius 2 is 1.88 bits per heavy atom. The van der Waals surface area contributed by atoms with Crippen LogP contribution in [0.1, 0.15) is 35.2 Å². The van der Waals surface area contributed by atoms with Crippen molar-refractivity contribution in [3.8, 4) is 11.5 Å².